The zero-order valence-corrected chi connectivity index (χ0v) is 14.2. The highest BCUT2D eigenvalue weighted by Crippen LogP contribution is 2.25. The fourth-order valence-electron chi connectivity index (χ4n) is 2.66. The van der Waals surface area contributed by atoms with Gasteiger partial charge in [-0.3, -0.25) is 14.6 Å². The number of hydrogen-bond acceptors (Lipinski definition) is 3. The van der Waals surface area contributed by atoms with Crippen LogP contribution in [0.2, 0.25) is 10.0 Å². The summed E-state index contributed by atoms with van der Waals surface area (Å²) in [4.78, 5) is 30.4. The van der Waals surface area contributed by atoms with Gasteiger partial charge in [0.25, 0.3) is 0 Å². The summed E-state index contributed by atoms with van der Waals surface area (Å²) in [7, 11) is 0. The fourth-order valence-corrected chi connectivity index (χ4v) is 3.18. The Morgan fingerprint density at radius 2 is 2.00 bits per heavy atom. The Hall–Kier alpha value is -2.11. The molecule has 0 aliphatic carbocycles. The third-order valence-electron chi connectivity index (χ3n) is 3.79. The highest BCUT2D eigenvalue weighted by atomic mass is 35.5. The molecular weight excluding hydrogens is 349 g/mol. The van der Waals surface area contributed by atoms with Gasteiger partial charge in [-0.05, 0) is 30.3 Å². The van der Waals surface area contributed by atoms with E-state index in [9.17, 15) is 9.59 Å². The largest absolute Gasteiger partial charge is 0.336 e. The van der Waals surface area contributed by atoms with E-state index in [4.69, 9.17) is 23.2 Å². The molecule has 1 unspecified atom stereocenters. The second-order valence-electron chi connectivity index (χ2n) is 5.64. The first-order chi connectivity index (χ1) is 11.5. The van der Waals surface area contributed by atoms with Gasteiger partial charge in [0.15, 0.2) is 0 Å². The minimum Gasteiger partial charge on any atom is -0.336 e. The Balaban J connectivity index is 1.63. The Labute approximate surface area is 149 Å². The monoisotopic (exact) mass is 363 g/mol. The van der Waals surface area contributed by atoms with E-state index in [0.717, 1.165) is 5.69 Å². The Bertz CT molecular complexity index is 747. The number of rotatable bonds is 4. The highest BCUT2D eigenvalue weighted by Gasteiger charge is 2.34. The second-order valence-corrected chi connectivity index (χ2v) is 6.52. The number of halogens is 2. The molecule has 1 N–H and O–H groups in total. The van der Waals surface area contributed by atoms with Crippen molar-refractivity contribution in [3.8, 4) is 0 Å². The van der Waals surface area contributed by atoms with E-state index < -0.39 is 5.92 Å². The Kier molecular flexibility index (Phi) is 5.02. The molecule has 24 heavy (non-hydrogen) atoms. The number of aromatic nitrogens is 1. The molecule has 2 heterocycles. The number of carbonyl (C=O) groups is 2. The van der Waals surface area contributed by atoms with E-state index in [0.29, 0.717) is 28.8 Å². The maximum atomic E-state index is 12.4. The SMILES string of the molecule is O=C(Nc1cc(Cl)cc(Cl)c1)C1CC(=O)N(Cc2ccccn2)C1. The molecule has 7 heteroatoms. The van der Waals surface area contributed by atoms with Crippen LogP contribution in [-0.4, -0.2) is 28.2 Å². The van der Waals surface area contributed by atoms with Gasteiger partial charge in [-0.15, -0.1) is 0 Å². The van der Waals surface area contributed by atoms with Crippen LogP contribution < -0.4 is 5.32 Å². The van der Waals surface area contributed by atoms with Gasteiger partial charge >= 0.3 is 0 Å². The van der Waals surface area contributed by atoms with E-state index in [2.05, 4.69) is 10.3 Å². The standard InChI is InChI=1S/C17H15Cl2N3O2/c18-12-6-13(19)8-15(7-12)21-17(24)11-5-16(23)22(9-11)10-14-3-1-2-4-20-14/h1-4,6-8,11H,5,9-10H2,(H,21,24). The summed E-state index contributed by atoms with van der Waals surface area (Å²) in [5.41, 5.74) is 1.32. The van der Waals surface area contributed by atoms with Gasteiger partial charge in [0, 0.05) is 34.9 Å². The van der Waals surface area contributed by atoms with Crippen molar-refractivity contribution >= 4 is 40.7 Å². The van der Waals surface area contributed by atoms with Gasteiger partial charge in [0.05, 0.1) is 18.2 Å². The number of anilines is 1. The number of nitrogens with one attached hydrogen (secondary N) is 1. The van der Waals surface area contributed by atoms with Crippen molar-refractivity contribution in [2.45, 2.75) is 13.0 Å². The van der Waals surface area contributed by atoms with Crippen LogP contribution in [0.15, 0.2) is 42.6 Å². The zero-order chi connectivity index (χ0) is 17.1. The molecule has 3 rings (SSSR count). The maximum Gasteiger partial charge on any atom is 0.229 e. The van der Waals surface area contributed by atoms with Gasteiger partial charge in [0.1, 0.15) is 0 Å². The molecule has 0 saturated carbocycles. The molecule has 1 aliphatic rings. The maximum absolute atomic E-state index is 12.4. The Morgan fingerprint density at radius 3 is 2.67 bits per heavy atom. The van der Waals surface area contributed by atoms with Gasteiger partial charge in [-0.25, -0.2) is 0 Å². The zero-order valence-electron chi connectivity index (χ0n) is 12.7. The molecule has 0 bridgehead atoms. The van der Waals surface area contributed by atoms with Crippen molar-refractivity contribution in [1.82, 2.24) is 9.88 Å². The van der Waals surface area contributed by atoms with Crippen molar-refractivity contribution in [3.63, 3.8) is 0 Å². The number of carbonyl (C=O) groups excluding carboxylic acids is 2. The molecule has 1 aromatic carbocycles. The molecular formula is C17H15Cl2N3O2. The third-order valence-corrected chi connectivity index (χ3v) is 4.23. The van der Waals surface area contributed by atoms with E-state index in [-0.39, 0.29) is 18.2 Å². The molecule has 1 atom stereocenters. The van der Waals surface area contributed by atoms with Crippen LogP contribution in [-0.2, 0) is 16.1 Å². The van der Waals surface area contributed by atoms with Crippen molar-refractivity contribution in [2.75, 3.05) is 11.9 Å². The first kappa shape index (κ1) is 16.7. The van der Waals surface area contributed by atoms with Crippen LogP contribution >= 0.6 is 23.2 Å². The van der Waals surface area contributed by atoms with E-state index in [1.165, 1.54) is 0 Å². The van der Waals surface area contributed by atoms with E-state index in [1.54, 1.807) is 29.3 Å². The van der Waals surface area contributed by atoms with Crippen molar-refractivity contribution in [3.05, 3.63) is 58.3 Å². The lowest BCUT2D eigenvalue weighted by molar-refractivity contribution is -0.128. The molecule has 2 aromatic rings. The van der Waals surface area contributed by atoms with Crippen LogP contribution in [0.3, 0.4) is 0 Å². The molecule has 0 spiro atoms. The van der Waals surface area contributed by atoms with Gasteiger partial charge < -0.3 is 10.2 Å². The van der Waals surface area contributed by atoms with Crippen LogP contribution in [0.4, 0.5) is 5.69 Å². The quantitative estimate of drug-likeness (QED) is 0.905. The fraction of sp³-hybridized carbons (Fsp3) is 0.235. The first-order valence-corrected chi connectivity index (χ1v) is 8.21. The number of amides is 2. The van der Waals surface area contributed by atoms with E-state index in [1.807, 2.05) is 18.2 Å². The van der Waals surface area contributed by atoms with E-state index >= 15 is 0 Å². The molecule has 1 fully saturated rings. The first-order valence-electron chi connectivity index (χ1n) is 7.46. The highest BCUT2D eigenvalue weighted by molar-refractivity contribution is 6.35. The summed E-state index contributed by atoms with van der Waals surface area (Å²) in [6, 6.07) is 10.4. The molecule has 124 valence electrons. The summed E-state index contributed by atoms with van der Waals surface area (Å²) in [5, 5.41) is 3.65. The average Bonchev–Trinajstić information content (AvgIpc) is 2.88. The van der Waals surface area contributed by atoms with Crippen LogP contribution in [0.5, 0.6) is 0 Å². The summed E-state index contributed by atoms with van der Waals surface area (Å²) in [5.74, 6) is -0.672. The number of benzene rings is 1. The predicted octanol–water partition coefficient (Wildman–Crippen LogP) is 3.38. The van der Waals surface area contributed by atoms with Crippen molar-refractivity contribution in [2.24, 2.45) is 5.92 Å². The molecule has 1 aliphatic heterocycles. The Morgan fingerprint density at radius 1 is 1.25 bits per heavy atom. The smallest absolute Gasteiger partial charge is 0.229 e. The lowest BCUT2D eigenvalue weighted by atomic mass is 10.1. The van der Waals surface area contributed by atoms with Crippen LogP contribution in [0, 0.1) is 5.92 Å². The summed E-state index contributed by atoms with van der Waals surface area (Å²) in [6.45, 7) is 0.780. The molecule has 1 aromatic heterocycles. The molecule has 2 amide bonds. The molecule has 1 saturated heterocycles. The summed E-state index contributed by atoms with van der Waals surface area (Å²) in [6.07, 6.45) is 1.87. The number of nitrogens with zero attached hydrogens (tertiary/aromatic N) is 2. The normalized spacial score (nSPS) is 17.2. The topological polar surface area (TPSA) is 62.3 Å². The summed E-state index contributed by atoms with van der Waals surface area (Å²) >= 11 is 11.8. The lowest BCUT2D eigenvalue weighted by Gasteiger charge is -2.16. The minimum atomic E-state index is -0.404. The van der Waals surface area contributed by atoms with Crippen LogP contribution in [0.25, 0.3) is 0 Å². The molecule has 0 radical (unpaired) electrons. The number of likely N-dealkylation sites (tertiary alicyclic amines) is 1. The molecule has 5 nitrogen and oxygen atoms in total. The lowest BCUT2D eigenvalue weighted by Crippen LogP contribution is -2.28. The van der Waals surface area contributed by atoms with Crippen molar-refractivity contribution in [1.29, 1.82) is 0 Å². The van der Waals surface area contributed by atoms with Crippen molar-refractivity contribution < 1.29 is 9.59 Å². The second kappa shape index (κ2) is 7.20. The third kappa shape index (κ3) is 4.04. The van der Waals surface area contributed by atoms with Gasteiger partial charge in [0.2, 0.25) is 11.8 Å². The minimum absolute atomic E-state index is 0.0510. The van der Waals surface area contributed by atoms with Gasteiger partial charge in [-0.2, -0.15) is 0 Å². The van der Waals surface area contributed by atoms with Gasteiger partial charge in [-0.1, -0.05) is 29.3 Å². The number of hydrogen-bond donors (Lipinski definition) is 1. The van der Waals surface area contributed by atoms with Crippen LogP contribution in [0.1, 0.15) is 12.1 Å². The number of pyridine rings is 1. The average molecular weight is 364 g/mol. The summed E-state index contributed by atoms with van der Waals surface area (Å²) < 4.78 is 0. The predicted molar refractivity (Wildman–Crippen MR) is 92.9 cm³/mol.